The average Bonchev–Trinajstić information content (AvgIpc) is 3.57. The number of anilines is 1. The molecule has 0 radical (unpaired) electrons. The lowest BCUT2D eigenvalue weighted by molar-refractivity contribution is -0.137. The molecule has 2 aliphatic heterocycles. The van der Waals surface area contributed by atoms with Crippen molar-refractivity contribution < 1.29 is 22.8 Å². The van der Waals surface area contributed by atoms with Crippen LogP contribution in [0.2, 0.25) is 0 Å². The molecule has 11 heteroatoms. The van der Waals surface area contributed by atoms with Crippen LogP contribution >= 0.6 is 39.0 Å². The van der Waals surface area contributed by atoms with Gasteiger partial charge >= 0.3 is 11.0 Å². The van der Waals surface area contributed by atoms with E-state index < -0.39 is 35.4 Å². The van der Waals surface area contributed by atoms with Gasteiger partial charge in [0.2, 0.25) is 11.8 Å². The number of thiazole rings is 1. The zero-order valence-electron chi connectivity index (χ0n) is 18.9. The number of aromatic amines is 1. The molecule has 7 atom stereocenters. The molecule has 6 unspecified atom stereocenters. The Balaban J connectivity index is 1.31. The van der Waals surface area contributed by atoms with Crippen LogP contribution in [0.15, 0.2) is 62.8 Å². The summed E-state index contributed by atoms with van der Waals surface area (Å²) < 4.78 is 41.0. The zero-order chi connectivity index (χ0) is 25.8. The quantitative estimate of drug-likeness (QED) is 0.369. The number of nitrogens with zero attached hydrogens (tertiary/aromatic N) is 1. The van der Waals surface area contributed by atoms with Gasteiger partial charge in [0.05, 0.1) is 28.1 Å². The number of amides is 2. The number of hydrogen-bond acceptors (Lipinski definition) is 5. The van der Waals surface area contributed by atoms with Crippen molar-refractivity contribution in [1.82, 2.24) is 4.98 Å². The summed E-state index contributed by atoms with van der Waals surface area (Å²) in [4.78, 5) is 44.5. The number of hydrogen-bond donors (Lipinski definition) is 1. The number of carbonyl (C=O) groups excluding carboxylic acids is 2. The minimum Gasteiger partial charge on any atom is -0.307 e. The summed E-state index contributed by atoms with van der Waals surface area (Å²) in [6.07, 6.45) is -3.86. The molecule has 3 fully saturated rings. The summed E-state index contributed by atoms with van der Waals surface area (Å²) in [5.41, 5.74) is 0.121. The third kappa shape index (κ3) is 3.39. The van der Waals surface area contributed by atoms with Crippen LogP contribution in [0.3, 0.4) is 0 Å². The maximum absolute atomic E-state index is 13.7. The third-order valence-corrected chi connectivity index (χ3v) is 11.4. The Morgan fingerprint density at radius 2 is 1.70 bits per heavy atom. The second-order valence-corrected chi connectivity index (χ2v) is 13.2. The summed E-state index contributed by atoms with van der Waals surface area (Å²) in [6.45, 7) is 0. The second kappa shape index (κ2) is 8.07. The molecule has 7 rings (SSSR count). The Bertz CT molecular complexity index is 1540. The maximum atomic E-state index is 13.7. The van der Waals surface area contributed by atoms with E-state index in [1.165, 1.54) is 23.5 Å². The molecule has 3 heterocycles. The highest BCUT2D eigenvalue weighted by Gasteiger charge is 2.69. The third-order valence-electron chi connectivity index (χ3n) is 8.36. The van der Waals surface area contributed by atoms with Gasteiger partial charge in [0, 0.05) is 20.5 Å². The second-order valence-electron chi connectivity index (χ2n) is 10.1. The lowest BCUT2D eigenvalue weighted by atomic mass is 9.68. The minimum absolute atomic E-state index is 0.0196. The molecule has 2 aromatic carbocycles. The fraction of sp³-hybridized carbons (Fsp3) is 0.346. The number of imide groups is 1. The van der Waals surface area contributed by atoms with Crippen LogP contribution in [0.4, 0.5) is 18.9 Å². The van der Waals surface area contributed by atoms with Gasteiger partial charge in [0.15, 0.2) is 0 Å². The Morgan fingerprint density at radius 1 is 0.973 bits per heavy atom. The molecule has 5 nitrogen and oxygen atoms in total. The molecule has 2 saturated carbocycles. The molecular formula is C26H18BrF3N2O3S2. The molecule has 1 N–H and O–H groups in total. The molecule has 37 heavy (non-hydrogen) atoms. The number of alkyl halides is 3. The fourth-order valence-corrected chi connectivity index (χ4v) is 10.5. The summed E-state index contributed by atoms with van der Waals surface area (Å²) in [7, 11) is 0. The lowest BCUT2D eigenvalue weighted by Crippen LogP contribution is -2.42. The van der Waals surface area contributed by atoms with Gasteiger partial charge in [-0.15, -0.1) is 11.8 Å². The zero-order valence-corrected chi connectivity index (χ0v) is 22.1. The van der Waals surface area contributed by atoms with Crippen molar-refractivity contribution in [3.63, 3.8) is 0 Å². The SMILES string of the molecule is O=C1C2C3CC(C2C(=O)N1c1cccc(C(F)(F)F)c1)C1C3Sc2[nH]c(=O)sc2[C@@H]1c1cccc(Br)c1. The fourth-order valence-electron chi connectivity index (χ4n) is 7.17. The first-order chi connectivity index (χ1) is 17.6. The number of benzene rings is 2. The van der Waals surface area contributed by atoms with Crippen LogP contribution in [0.25, 0.3) is 0 Å². The molecule has 4 aliphatic rings. The maximum Gasteiger partial charge on any atom is 0.416 e. The van der Waals surface area contributed by atoms with E-state index in [1.807, 2.05) is 24.3 Å². The topological polar surface area (TPSA) is 70.2 Å². The number of aromatic nitrogens is 1. The number of fused-ring (bicyclic) bond motifs is 9. The Morgan fingerprint density at radius 3 is 2.43 bits per heavy atom. The largest absolute Gasteiger partial charge is 0.416 e. The first-order valence-corrected chi connectivity index (χ1v) is 14.3. The van der Waals surface area contributed by atoms with Crippen molar-refractivity contribution in [1.29, 1.82) is 0 Å². The number of thioether (sulfide) groups is 1. The highest BCUT2D eigenvalue weighted by molar-refractivity contribution is 9.10. The van der Waals surface area contributed by atoms with E-state index in [0.29, 0.717) is 0 Å². The Kier molecular flexibility index (Phi) is 5.17. The highest BCUT2D eigenvalue weighted by Crippen LogP contribution is 2.68. The molecule has 3 aromatic rings. The molecule has 2 aliphatic carbocycles. The van der Waals surface area contributed by atoms with Gasteiger partial charge in [-0.25, -0.2) is 0 Å². The molecule has 0 spiro atoms. The summed E-state index contributed by atoms with van der Waals surface area (Å²) >= 11 is 6.32. The van der Waals surface area contributed by atoms with E-state index in [-0.39, 0.29) is 39.5 Å². The van der Waals surface area contributed by atoms with Crippen molar-refractivity contribution in [3.8, 4) is 0 Å². The van der Waals surface area contributed by atoms with E-state index >= 15 is 0 Å². The van der Waals surface area contributed by atoms with Crippen LogP contribution in [-0.2, 0) is 15.8 Å². The monoisotopic (exact) mass is 606 g/mol. The van der Waals surface area contributed by atoms with Crippen LogP contribution in [0.1, 0.15) is 28.3 Å². The van der Waals surface area contributed by atoms with Crippen molar-refractivity contribution in [2.45, 2.75) is 28.8 Å². The first kappa shape index (κ1) is 23.7. The molecule has 2 bridgehead atoms. The average molecular weight is 607 g/mol. The van der Waals surface area contributed by atoms with E-state index in [2.05, 4.69) is 20.9 Å². The summed E-state index contributed by atoms with van der Waals surface area (Å²) in [6, 6.07) is 12.4. The van der Waals surface area contributed by atoms with Crippen LogP contribution in [-0.4, -0.2) is 22.0 Å². The molecule has 190 valence electrons. The van der Waals surface area contributed by atoms with Crippen molar-refractivity contribution in [2.75, 3.05) is 4.90 Å². The van der Waals surface area contributed by atoms with E-state index in [4.69, 9.17) is 0 Å². The van der Waals surface area contributed by atoms with Crippen LogP contribution in [0.5, 0.6) is 0 Å². The van der Waals surface area contributed by atoms with Gasteiger partial charge < -0.3 is 4.98 Å². The Hall–Kier alpha value is -2.37. The van der Waals surface area contributed by atoms with Crippen molar-refractivity contribution in [3.05, 3.63) is 78.7 Å². The predicted octanol–water partition coefficient (Wildman–Crippen LogP) is 5.90. The van der Waals surface area contributed by atoms with Crippen LogP contribution < -0.4 is 9.77 Å². The molecular weight excluding hydrogens is 589 g/mol. The number of H-pyrrole nitrogens is 1. The van der Waals surface area contributed by atoms with E-state index in [1.54, 1.807) is 11.8 Å². The lowest BCUT2D eigenvalue weighted by Gasteiger charge is -2.43. The summed E-state index contributed by atoms with van der Waals surface area (Å²) in [5, 5.41) is 0.836. The van der Waals surface area contributed by atoms with Gasteiger partial charge in [0.1, 0.15) is 0 Å². The van der Waals surface area contributed by atoms with E-state index in [0.717, 1.165) is 43.4 Å². The van der Waals surface area contributed by atoms with Gasteiger partial charge in [-0.2, -0.15) is 13.2 Å². The van der Waals surface area contributed by atoms with Gasteiger partial charge in [-0.1, -0.05) is 45.5 Å². The predicted molar refractivity (Wildman–Crippen MR) is 137 cm³/mol. The van der Waals surface area contributed by atoms with Gasteiger partial charge in [0.25, 0.3) is 0 Å². The molecule has 1 saturated heterocycles. The van der Waals surface area contributed by atoms with Crippen molar-refractivity contribution >= 4 is 56.5 Å². The Labute approximate surface area is 225 Å². The minimum atomic E-state index is -4.58. The normalized spacial score (nSPS) is 32.0. The number of halogens is 4. The summed E-state index contributed by atoms with van der Waals surface area (Å²) in [5.74, 6) is -2.23. The number of nitrogens with one attached hydrogen (secondary N) is 1. The smallest absolute Gasteiger partial charge is 0.307 e. The molecule has 2 amide bonds. The first-order valence-electron chi connectivity index (χ1n) is 11.8. The van der Waals surface area contributed by atoms with E-state index in [9.17, 15) is 27.6 Å². The number of carbonyl (C=O) groups is 2. The highest BCUT2D eigenvalue weighted by atomic mass is 79.9. The standard InChI is InChI=1S/C26H18BrF3N2O3S2/c27-12-5-1-3-10(7-12)16-17-14-9-15(20(17)36-22-21(16)37-25(35)31-22)19-18(14)23(33)32(24(19)34)13-6-2-4-11(8-13)26(28,29)30/h1-8,14-20H,9H2,(H,31,35)/t14?,15?,16-,17?,18?,19?,20?/m1/s1. The number of rotatable bonds is 2. The van der Waals surface area contributed by atoms with Crippen LogP contribution in [0, 0.1) is 29.6 Å². The van der Waals surface area contributed by atoms with Gasteiger partial charge in [-0.3, -0.25) is 19.3 Å². The molecule has 1 aromatic heterocycles. The van der Waals surface area contributed by atoms with Crippen molar-refractivity contribution in [2.24, 2.45) is 29.6 Å². The van der Waals surface area contributed by atoms with Gasteiger partial charge in [-0.05, 0) is 60.1 Å².